The molecule has 0 aliphatic carbocycles. The summed E-state index contributed by atoms with van der Waals surface area (Å²) >= 11 is 1.49. The van der Waals surface area contributed by atoms with Gasteiger partial charge in [0, 0.05) is 18.0 Å². The van der Waals surface area contributed by atoms with Crippen LogP contribution >= 0.6 is 11.3 Å². The highest BCUT2D eigenvalue weighted by Gasteiger charge is 2.35. The van der Waals surface area contributed by atoms with Gasteiger partial charge in [0.1, 0.15) is 0 Å². The summed E-state index contributed by atoms with van der Waals surface area (Å²) in [5.41, 5.74) is 2.72. The molecule has 3 N–H and O–H groups in total. The predicted molar refractivity (Wildman–Crippen MR) is 67.3 cm³/mol. The molecule has 0 saturated heterocycles. The van der Waals surface area contributed by atoms with Crippen molar-refractivity contribution >= 4 is 11.3 Å². The molecule has 0 aliphatic rings. The Balaban J connectivity index is 2.33. The number of pyridine rings is 1. The van der Waals surface area contributed by atoms with Crippen molar-refractivity contribution in [3.8, 4) is 0 Å². The molecule has 2 aromatic heterocycles. The van der Waals surface area contributed by atoms with Crippen molar-refractivity contribution in [3.63, 3.8) is 0 Å². The van der Waals surface area contributed by atoms with E-state index in [0.29, 0.717) is 6.42 Å². The second-order valence-corrected chi connectivity index (χ2v) is 4.80. The maximum absolute atomic E-state index is 12.9. The number of nitrogens with one attached hydrogen (secondary N) is 1. The highest BCUT2D eigenvalue weighted by molar-refractivity contribution is 7.07. The molecule has 1 atom stereocenters. The summed E-state index contributed by atoms with van der Waals surface area (Å²) in [4.78, 5) is 3.76. The summed E-state index contributed by atoms with van der Waals surface area (Å²) in [6.07, 6.45) is -1.69. The van der Waals surface area contributed by atoms with Gasteiger partial charge in [-0.1, -0.05) is 0 Å². The highest BCUT2D eigenvalue weighted by Crippen LogP contribution is 2.34. The number of hydrogen-bond donors (Lipinski definition) is 2. The molecule has 0 aliphatic heterocycles. The Morgan fingerprint density at radius 1 is 1.37 bits per heavy atom. The van der Waals surface area contributed by atoms with Crippen LogP contribution < -0.4 is 11.3 Å². The van der Waals surface area contributed by atoms with Crippen molar-refractivity contribution in [2.45, 2.75) is 18.6 Å². The normalized spacial score (nSPS) is 13.5. The van der Waals surface area contributed by atoms with Crippen molar-refractivity contribution in [2.75, 3.05) is 0 Å². The van der Waals surface area contributed by atoms with E-state index in [1.807, 2.05) is 16.8 Å². The fourth-order valence-electron chi connectivity index (χ4n) is 1.85. The summed E-state index contributed by atoms with van der Waals surface area (Å²) in [6.45, 7) is 0. The Bertz CT molecular complexity index is 525. The number of hydrogen-bond acceptors (Lipinski definition) is 4. The minimum Gasteiger partial charge on any atom is -0.271 e. The van der Waals surface area contributed by atoms with Gasteiger partial charge in [0.15, 0.2) is 0 Å². The van der Waals surface area contributed by atoms with Crippen LogP contribution in [-0.4, -0.2) is 4.98 Å². The van der Waals surface area contributed by atoms with Crippen LogP contribution in [0.5, 0.6) is 0 Å². The summed E-state index contributed by atoms with van der Waals surface area (Å²) in [5, 5.41) is 3.75. The Morgan fingerprint density at radius 2 is 2.16 bits per heavy atom. The van der Waals surface area contributed by atoms with Crippen LogP contribution in [0.1, 0.15) is 22.7 Å². The third-order valence-electron chi connectivity index (χ3n) is 2.75. The van der Waals surface area contributed by atoms with Crippen LogP contribution in [0.3, 0.4) is 0 Å². The number of nitrogens with zero attached hydrogens (tertiary/aromatic N) is 1. The van der Waals surface area contributed by atoms with Crippen LogP contribution in [0.25, 0.3) is 0 Å². The molecular weight excluding hydrogens is 275 g/mol. The second kappa shape index (κ2) is 5.68. The maximum Gasteiger partial charge on any atom is 0.416 e. The Morgan fingerprint density at radius 3 is 2.74 bits per heavy atom. The first-order valence-corrected chi connectivity index (χ1v) is 6.45. The standard InChI is InChI=1S/C12H12F3N3S/c13-12(14,15)10-1-3-17-6-9(10)11(18-16)5-8-2-4-19-7-8/h1-4,6-7,11,18H,5,16H2. The molecule has 102 valence electrons. The van der Waals surface area contributed by atoms with Crippen LogP contribution in [0.2, 0.25) is 0 Å². The number of nitrogens with two attached hydrogens (primary N) is 1. The van der Waals surface area contributed by atoms with E-state index in [-0.39, 0.29) is 5.56 Å². The first kappa shape index (κ1) is 14.0. The number of hydrazine groups is 1. The van der Waals surface area contributed by atoms with E-state index in [1.165, 1.54) is 17.5 Å². The third kappa shape index (κ3) is 3.31. The zero-order valence-electron chi connectivity index (χ0n) is 9.82. The molecule has 2 aromatic rings. The first-order valence-electron chi connectivity index (χ1n) is 5.50. The number of alkyl halides is 3. The summed E-state index contributed by atoms with van der Waals surface area (Å²) in [7, 11) is 0. The van der Waals surface area contributed by atoms with Crippen LogP contribution in [-0.2, 0) is 12.6 Å². The molecule has 0 amide bonds. The van der Waals surface area contributed by atoms with Crippen molar-refractivity contribution < 1.29 is 13.2 Å². The Kier molecular flexibility index (Phi) is 4.18. The van der Waals surface area contributed by atoms with Gasteiger partial charge >= 0.3 is 6.18 Å². The van der Waals surface area contributed by atoms with Crippen molar-refractivity contribution in [2.24, 2.45) is 5.84 Å². The molecule has 0 radical (unpaired) electrons. The molecule has 0 bridgehead atoms. The molecule has 2 heterocycles. The zero-order valence-corrected chi connectivity index (χ0v) is 10.6. The molecule has 0 fully saturated rings. The number of thiophene rings is 1. The third-order valence-corrected chi connectivity index (χ3v) is 3.49. The van der Waals surface area contributed by atoms with Gasteiger partial charge in [-0.05, 0) is 34.9 Å². The van der Waals surface area contributed by atoms with Gasteiger partial charge in [-0.25, -0.2) is 0 Å². The Labute approximate surface area is 112 Å². The van der Waals surface area contributed by atoms with E-state index in [2.05, 4.69) is 10.4 Å². The van der Waals surface area contributed by atoms with E-state index in [0.717, 1.165) is 17.8 Å². The molecule has 3 nitrogen and oxygen atoms in total. The molecule has 19 heavy (non-hydrogen) atoms. The molecule has 0 aromatic carbocycles. The predicted octanol–water partition coefficient (Wildman–Crippen LogP) is 2.91. The lowest BCUT2D eigenvalue weighted by Crippen LogP contribution is -2.31. The zero-order chi connectivity index (χ0) is 13.9. The lowest BCUT2D eigenvalue weighted by atomic mass is 9.98. The maximum atomic E-state index is 12.9. The average molecular weight is 287 g/mol. The van der Waals surface area contributed by atoms with E-state index >= 15 is 0 Å². The van der Waals surface area contributed by atoms with Gasteiger partial charge in [-0.15, -0.1) is 0 Å². The molecule has 7 heteroatoms. The molecule has 0 saturated carbocycles. The minimum absolute atomic E-state index is 0.0590. The average Bonchev–Trinajstić information content (AvgIpc) is 2.88. The lowest BCUT2D eigenvalue weighted by Gasteiger charge is -2.20. The smallest absolute Gasteiger partial charge is 0.271 e. The summed E-state index contributed by atoms with van der Waals surface area (Å²) in [5.74, 6) is 5.39. The summed E-state index contributed by atoms with van der Waals surface area (Å²) in [6, 6.07) is 2.20. The molecular formula is C12H12F3N3S. The van der Waals surface area contributed by atoms with Crippen molar-refractivity contribution in [3.05, 3.63) is 52.0 Å². The topological polar surface area (TPSA) is 50.9 Å². The number of halogens is 3. The van der Waals surface area contributed by atoms with Gasteiger partial charge in [-0.3, -0.25) is 16.3 Å². The van der Waals surface area contributed by atoms with Crippen LogP contribution in [0.4, 0.5) is 13.2 Å². The fraction of sp³-hybridized carbons (Fsp3) is 0.250. The SMILES string of the molecule is NNC(Cc1ccsc1)c1cnccc1C(F)(F)F. The number of aromatic nitrogens is 1. The van der Waals surface area contributed by atoms with Crippen molar-refractivity contribution in [1.82, 2.24) is 10.4 Å². The number of rotatable bonds is 4. The second-order valence-electron chi connectivity index (χ2n) is 4.02. The van der Waals surface area contributed by atoms with Gasteiger partial charge in [0.2, 0.25) is 0 Å². The van der Waals surface area contributed by atoms with E-state index < -0.39 is 17.8 Å². The van der Waals surface area contributed by atoms with Crippen molar-refractivity contribution in [1.29, 1.82) is 0 Å². The highest BCUT2D eigenvalue weighted by atomic mass is 32.1. The van der Waals surface area contributed by atoms with E-state index in [1.54, 1.807) is 0 Å². The van der Waals surface area contributed by atoms with Gasteiger partial charge in [0.05, 0.1) is 11.6 Å². The minimum atomic E-state index is -4.41. The Hall–Kier alpha value is -1.44. The van der Waals surface area contributed by atoms with E-state index in [9.17, 15) is 13.2 Å². The molecule has 2 rings (SSSR count). The quantitative estimate of drug-likeness (QED) is 0.671. The summed E-state index contributed by atoms with van der Waals surface area (Å²) < 4.78 is 38.8. The van der Waals surface area contributed by atoms with Gasteiger partial charge in [0.25, 0.3) is 0 Å². The lowest BCUT2D eigenvalue weighted by molar-refractivity contribution is -0.138. The molecule has 0 spiro atoms. The largest absolute Gasteiger partial charge is 0.416 e. The monoisotopic (exact) mass is 287 g/mol. The van der Waals surface area contributed by atoms with Crippen LogP contribution in [0.15, 0.2) is 35.3 Å². The molecule has 1 unspecified atom stereocenters. The first-order chi connectivity index (χ1) is 9.02. The fourth-order valence-corrected chi connectivity index (χ4v) is 2.53. The van der Waals surface area contributed by atoms with Gasteiger partial charge < -0.3 is 0 Å². The van der Waals surface area contributed by atoms with Crippen LogP contribution in [0, 0.1) is 0 Å². The van der Waals surface area contributed by atoms with Gasteiger partial charge in [-0.2, -0.15) is 24.5 Å². The van der Waals surface area contributed by atoms with E-state index in [4.69, 9.17) is 5.84 Å².